The molecule has 0 aliphatic heterocycles. The Hall–Kier alpha value is -1.27. The molecule has 4 bridgehead atoms. The Bertz CT molecular complexity index is 474. The second-order valence-electron chi connectivity index (χ2n) is 6.98. The van der Waals surface area contributed by atoms with Crippen LogP contribution >= 0.6 is 0 Å². The molecule has 124 valence electrons. The molecular weight excluding hydrogens is 301 g/mol. The molecule has 4 nitrogen and oxygen atoms in total. The fourth-order valence-corrected chi connectivity index (χ4v) is 4.97. The Labute approximate surface area is 126 Å². The van der Waals surface area contributed by atoms with Crippen LogP contribution in [0.5, 0.6) is 0 Å². The molecule has 0 aromatic heterocycles. The first-order chi connectivity index (χ1) is 10.2. The molecule has 7 heteroatoms. The number of hydrogen-bond donors (Lipinski definition) is 0. The molecule has 4 aliphatic carbocycles. The van der Waals surface area contributed by atoms with E-state index in [1.807, 2.05) is 0 Å². The third kappa shape index (κ3) is 2.58. The number of esters is 2. The second-order valence-corrected chi connectivity index (χ2v) is 6.98. The predicted octanol–water partition coefficient (Wildman–Crippen LogP) is 2.85. The number of rotatable bonds is 2. The van der Waals surface area contributed by atoms with Crippen LogP contribution < -0.4 is 0 Å². The number of hydrogen-bond acceptors (Lipinski definition) is 4. The van der Waals surface area contributed by atoms with E-state index in [9.17, 15) is 22.8 Å². The summed E-state index contributed by atoms with van der Waals surface area (Å²) in [5.41, 5.74) is -1.35. The lowest BCUT2D eigenvalue weighted by molar-refractivity contribution is -0.226. The molecule has 22 heavy (non-hydrogen) atoms. The van der Waals surface area contributed by atoms with Crippen molar-refractivity contribution in [3.8, 4) is 0 Å². The van der Waals surface area contributed by atoms with Gasteiger partial charge in [-0.2, -0.15) is 13.2 Å². The number of methoxy groups -OCH3 is 1. The highest BCUT2D eigenvalue weighted by Gasteiger charge is 2.59. The number of fused-ring (bicyclic) bond motifs is 1. The van der Waals surface area contributed by atoms with Gasteiger partial charge >= 0.3 is 18.1 Å². The van der Waals surface area contributed by atoms with Gasteiger partial charge in [-0.1, -0.05) is 0 Å². The molecule has 0 heterocycles. The molecule has 0 N–H and O–H groups in total. The van der Waals surface area contributed by atoms with Gasteiger partial charge in [0.15, 0.2) is 0 Å². The van der Waals surface area contributed by atoms with Gasteiger partial charge in [-0.05, 0) is 56.3 Å². The van der Waals surface area contributed by atoms with E-state index in [0.717, 1.165) is 19.3 Å². The van der Waals surface area contributed by atoms with Gasteiger partial charge in [-0.15, -0.1) is 0 Å². The van der Waals surface area contributed by atoms with E-state index in [4.69, 9.17) is 9.47 Å². The summed E-state index contributed by atoms with van der Waals surface area (Å²) in [6.07, 6.45) is -1.17. The summed E-state index contributed by atoms with van der Waals surface area (Å²) in [5, 5.41) is 0. The Balaban J connectivity index is 1.95. The summed E-state index contributed by atoms with van der Waals surface area (Å²) >= 11 is 0. The van der Waals surface area contributed by atoms with Crippen LogP contribution in [-0.2, 0) is 19.1 Å². The van der Waals surface area contributed by atoms with Crippen molar-refractivity contribution in [2.24, 2.45) is 23.7 Å². The Morgan fingerprint density at radius 1 is 1.00 bits per heavy atom. The Morgan fingerprint density at radius 2 is 1.55 bits per heavy atom. The number of ether oxygens (including phenoxy) is 2. The summed E-state index contributed by atoms with van der Waals surface area (Å²) in [5.74, 6) is -2.78. The maximum Gasteiger partial charge on any atom is 0.490 e. The summed E-state index contributed by atoms with van der Waals surface area (Å²) in [6.45, 7) is 0. The third-order valence-electron chi connectivity index (χ3n) is 5.49. The van der Waals surface area contributed by atoms with Crippen molar-refractivity contribution in [1.82, 2.24) is 0 Å². The maximum atomic E-state index is 12.7. The molecule has 0 aromatic carbocycles. The topological polar surface area (TPSA) is 52.6 Å². The molecule has 4 fully saturated rings. The van der Waals surface area contributed by atoms with Crippen LogP contribution in [0.2, 0.25) is 0 Å². The maximum absolute atomic E-state index is 12.7. The summed E-state index contributed by atoms with van der Waals surface area (Å²) in [6, 6.07) is 0. The number of alkyl halides is 3. The number of halogens is 3. The zero-order valence-electron chi connectivity index (χ0n) is 12.3. The lowest BCUT2D eigenvalue weighted by Gasteiger charge is -2.46. The molecule has 4 saturated carbocycles. The smallest absolute Gasteiger partial charge is 0.469 e. The van der Waals surface area contributed by atoms with Gasteiger partial charge in [0, 0.05) is 0 Å². The van der Waals surface area contributed by atoms with Crippen molar-refractivity contribution in [3.63, 3.8) is 0 Å². The van der Waals surface area contributed by atoms with Gasteiger partial charge in [-0.25, -0.2) is 4.79 Å². The van der Waals surface area contributed by atoms with Crippen LogP contribution in [-0.4, -0.2) is 30.8 Å². The van der Waals surface area contributed by atoms with Crippen LogP contribution in [0.4, 0.5) is 13.2 Å². The van der Waals surface area contributed by atoms with Gasteiger partial charge < -0.3 is 9.47 Å². The molecule has 0 amide bonds. The SMILES string of the molecule is COC(=O)C1CC2C[C@@H]3C[C@H](C2)CC1(OC(=O)C(F)(F)F)C3. The van der Waals surface area contributed by atoms with Crippen molar-refractivity contribution < 1.29 is 32.2 Å². The van der Waals surface area contributed by atoms with Gasteiger partial charge in [-0.3, -0.25) is 4.79 Å². The first kappa shape index (κ1) is 15.6. The lowest BCUT2D eigenvalue weighted by atomic mass is 9.65. The second kappa shape index (κ2) is 5.13. The highest BCUT2D eigenvalue weighted by molar-refractivity contribution is 5.78. The highest BCUT2D eigenvalue weighted by atomic mass is 19.4. The fraction of sp³-hybridized carbons (Fsp3) is 0.867. The van der Waals surface area contributed by atoms with Crippen molar-refractivity contribution in [2.45, 2.75) is 50.3 Å². The first-order valence-corrected chi connectivity index (χ1v) is 7.61. The molecule has 4 aliphatic rings. The minimum atomic E-state index is -5.04. The fourth-order valence-electron chi connectivity index (χ4n) is 4.97. The molecule has 4 rings (SSSR count). The minimum absolute atomic E-state index is 0.230. The molecule has 0 aromatic rings. The third-order valence-corrected chi connectivity index (χ3v) is 5.49. The Kier molecular flexibility index (Phi) is 3.64. The van der Waals surface area contributed by atoms with Crippen molar-refractivity contribution in [3.05, 3.63) is 0 Å². The van der Waals surface area contributed by atoms with E-state index in [1.54, 1.807) is 0 Å². The van der Waals surface area contributed by atoms with Crippen LogP contribution in [0, 0.1) is 23.7 Å². The van der Waals surface area contributed by atoms with Crippen molar-refractivity contribution >= 4 is 11.9 Å². The Morgan fingerprint density at radius 3 is 2.05 bits per heavy atom. The van der Waals surface area contributed by atoms with E-state index in [-0.39, 0.29) is 11.8 Å². The summed E-state index contributed by atoms with van der Waals surface area (Å²) in [4.78, 5) is 23.5. The summed E-state index contributed by atoms with van der Waals surface area (Å²) < 4.78 is 47.7. The van der Waals surface area contributed by atoms with E-state index < -0.39 is 29.6 Å². The van der Waals surface area contributed by atoms with Crippen LogP contribution in [0.3, 0.4) is 0 Å². The largest absolute Gasteiger partial charge is 0.490 e. The molecule has 0 saturated heterocycles. The minimum Gasteiger partial charge on any atom is -0.469 e. The normalized spacial score (nSPS) is 40.2. The van der Waals surface area contributed by atoms with Crippen molar-refractivity contribution in [1.29, 1.82) is 0 Å². The van der Waals surface area contributed by atoms with E-state index in [1.165, 1.54) is 7.11 Å². The molecule has 0 radical (unpaired) electrons. The van der Waals surface area contributed by atoms with Crippen LogP contribution in [0.15, 0.2) is 0 Å². The standard InChI is InChI=1S/C15H19F3O4/c1-21-12(19)11-5-8-2-9-4-10(3-8)7-14(11,6-9)22-13(20)15(16,17)18/h8-11H,2-7H2,1H3/t8?,9-,10+,11?,14?. The predicted molar refractivity (Wildman–Crippen MR) is 68.6 cm³/mol. The first-order valence-electron chi connectivity index (χ1n) is 7.61. The van der Waals surface area contributed by atoms with Gasteiger partial charge in [0.1, 0.15) is 5.60 Å². The summed E-state index contributed by atoms with van der Waals surface area (Å²) in [7, 11) is 1.22. The molecular formula is C15H19F3O4. The average molecular weight is 320 g/mol. The molecule has 5 atom stereocenters. The average Bonchev–Trinajstić information content (AvgIpc) is 2.58. The van der Waals surface area contributed by atoms with Crippen molar-refractivity contribution in [2.75, 3.05) is 7.11 Å². The number of carbonyl (C=O) groups is 2. The number of carbonyl (C=O) groups excluding carboxylic acids is 2. The van der Waals surface area contributed by atoms with Gasteiger partial charge in [0.05, 0.1) is 13.0 Å². The monoisotopic (exact) mass is 320 g/mol. The zero-order chi connectivity index (χ0) is 16.1. The quantitative estimate of drug-likeness (QED) is 0.734. The van der Waals surface area contributed by atoms with Crippen LogP contribution in [0.25, 0.3) is 0 Å². The lowest BCUT2D eigenvalue weighted by Crippen LogP contribution is -2.51. The van der Waals surface area contributed by atoms with Crippen LogP contribution in [0.1, 0.15) is 38.5 Å². The van der Waals surface area contributed by atoms with Gasteiger partial charge in [0.2, 0.25) is 0 Å². The molecule has 3 unspecified atom stereocenters. The zero-order valence-corrected chi connectivity index (χ0v) is 12.3. The highest BCUT2D eigenvalue weighted by Crippen LogP contribution is 2.57. The molecule has 0 spiro atoms. The van der Waals surface area contributed by atoms with Gasteiger partial charge in [0.25, 0.3) is 0 Å². The van der Waals surface area contributed by atoms with E-state index >= 15 is 0 Å². The van der Waals surface area contributed by atoms with E-state index in [2.05, 4.69) is 0 Å². The van der Waals surface area contributed by atoms with E-state index in [0.29, 0.717) is 25.2 Å².